The Morgan fingerprint density at radius 1 is 0.833 bits per heavy atom. The first-order chi connectivity index (χ1) is 8.68. The number of hydrogen-bond donors (Lipinski definition) is 0. The molecule has 0 spiro atoms. The van der Waals surface area contributed by atoms with E-state index >= 15 is 0 Å². The molecule has 0 aliphatic heterocycles. The second kappa shape index (κ2) is 6.06. The molecule has 0 heterocycles. The van der Waals surface area contributed by atoms with Crippen molar-refractivity contribution in [1.29, 1.82) is 0 Å². The van der Waals surface area contributed by atoms with Gasteiger partial charge in [-0.15, -0.1) is 0 Å². The van der Waals surface area contributed by atoms with Gasteiger partial charge in [0.05, 0.1) is 0 Å². The molecule has 0 nitrogen and oxygen atoms in total. The third-order valence-electron chi connectivity index (χ3n) is 3.29. The minimum atomic E-state index is -1.85. The molecule has 2 aromatic carbocycles. The predicted octanol–water partition coefficient (Wildman–Crippen LogP) is 4.32. The second-order valence-electron chi connectivity index (χ2n) is 5.27. The van der Waals surface area contributed by atoms with Crippen molar-refractivity contribution >= 4 is 23.7 Å². The van der Waals surface area contributed by atoms with Crippen LogP contribution in [0.3, 0.4) is 0 Å². The summed E-state index contributed by atoms with van der Waals surface area (Å²) in [6.45, 7) is 0. The van der Waals surface area contributed by atoms with Gasteiger partial charge in [-0.1, -0.05) is 0 Å². The van der Waals surface area contributed by atoms with E-state index in [1.807, 2.05) is 0 Å². The molecular weight excluding hydrogens is 277 g/mol. The summed E-state index contributed by atoms with van der Waals surface area (Å²) in [5, 5.41) is 1.24. The molecule has 0 unspecified atom stereocenters. The van der Waals surface area contributed by atoms with Gasteiger partial charge in [-0.2, -0.15) is 0 Å². The van der Waals surface area contributed by atoms with E-state index in [0.717, 1.165) is 0 Å². The first-order valence-electron chi connectivity index (χ1n) is 6.46. The van der Waals surface area contributed by atoms with Gasteiger partial charge in [-0.05, 0) is 0 Å². The van der Waals surface area contributed by atoms with Gasteiger partial charge in [0.15, 0.2) is 0 Å². The molecule has 0 aliphatic rings. The maximum absolute atomic E-state index is 2.48. The van der Waals surface area contributed by atoms with Crippen LogP contribution in [-0.2, 0) is 0 Å². The number of hydrogen-bond acceptors (Lipinski definition) is 0. The van der Waals surface area contributed by atoms with Crippen LogP contribution in [0.1, 0.15) is 5.56 Å². The molecular formula is C17H20Ge. The van der Waals surface area contributed by atoms with Crippen LogP contribution in [0, 0.1) is 0 Å². The second-order valence-corrected chi connectivity index (χ2v) is 15.2. The summed E-state index contributed by atoms with van der Waals surface area (Å²) in [4.78, 5) is 0. The summed E-state index contributed by atoms with van der Waals surface area (Å²) in [6.07, 6.45) is 4.60. The topological polar surface area (TPSA) is 0 Å². The fraction of sp³-hybridized carbons (Fsp3) is 0.176. The van der Waals surface area contributed by atoms with Crippen LogP contribution in [0.15, 0.2) is 66.7 Å². The fourth-order valence-electron chi connectivity index (χ4n) is 2.06. The normalized spacial score (nSPS) is 11.9. The Labute approximate surface area is 113 Å². The first kappa shape index (κ1) is 13.2. The molecule has 0 N–H and O–H groups in total. The Bertz CT molecular complexity index is 498. The van der Waals surface area contributed by atoms with Crippen LogP contribution < -0.4 is 4.40 Å². The third kappa shape index (κ3) is 3.61. The van der Waals surface area contributed by atoms with Crippen LogP contribution in [0.4, 0.5) is 0 Å². The standard InChI is InChI=1S/C17H20Ge/c1-18(2,17-13-7-4-8-14-17)15-9-12-16-10-5-3-6-11-16/h3-14H,15H2,1-2H3/b12-9+. The van der Waals surface area contributed by atoms with Crippen molar-refractivity contribution in [2.75, 3.05) is 0 Å². The first-order valence-corrected chi connectivity index (χ1v) is 13.2. The average molecular weight is 297 g/mol. The van der Waals surface area contributed by atoms with Gasteiger partial charge in [0.2, 0.25) is 0 Å². The summed E-state index contributed by atoms with van der Waals surface area (Å²) in [5.74, 6) is 4.95. The molecule has 0 aliphatic carbocycles. The summed E-state index contributed by atoms with van der Waals surface area (Å²) >= 11 is -1.85. The van der Waals surface area contributed by atoms with Gasteiger partial charge < -0.3 is 0 Å². The van der Waals surface area contributed by atoms with Crippen molar-refractivity contribution in [3.05, 3.63) is 72.3 Å². The van der Waals surface area contributed by atoms with Crippen LogP contribution in [-0.4, -0.2) is 13.3 Å². The Balaban J connectivity index is 2.04. The van der Waals surface area contributed by atoms with E-state index in [2.05, 4.69) is 84.3 Å². The maximum atomic E-state index is 2.48. The molecule has 0 aromatic heterocycles. The van der Waals surface area contributed by atoms with E-state index in [1.165, 1.54) is 10.8 Å². The van der Waals surface area contributed by atoms with Crippen molar-refractivity contribution in [3.63, 3.8) is 0 Å². The molecule has 0 bridgehead atoms. The SMILES string of the molecule is [CH3][Ge]([CH3])([CH2]/C=C/c1ccccc1)[c]1ccccc1. The van der Waals surface area contributed by atoms with E-state index < -0.39 is 13.3 Å². The zero-order valence-corrected chi connectivity index (χ0v) is 13.2. The van der Waals surface area contributed by atoms with Crippen molar-refractivity contribution in [2.24, 2.45) is 0 Å². The summed E-state index contributed by atoms with van der Waals surface area (Å²) in [6, 6.07) is 21.5. The molecule has 2 aromatic rings. The molecule has 0 saturated carbocycles. The monoisotopic (exact) mass is 298 g/mol. The van der Waals surface area contributed by atoms with Gasteiger partial charge in [0, 0.05) is 0 Å². The molecule has 1 heteroatoms. The molecule has 0 radical (unpaired) electrons. The minimum absolute atomic E-state index is 1.24. The molecule has 2 rings (SSSR count). The fourth-order valence-corrected chi connectivity index (χ4v) is 6.34. The van der Waals surface area contributed by atoms with E-state index in [1.54, 1.807) is 4.40 Å². The van der Waals surface area contributed by atoms with E-state index in [-0.39, 0.29) is 0 Å². The van der Waals surface area contributed by atoms with Gasteiger partial charge >= 0.3 is 113 Å². The summed E-state index contributed by atoms with van der Waals surface area (Å²) in [5.41, 5.74) is 1.30. The van der Waals surface area contributed by atoms with Crippen LogP contribution in [0.2, 0.25) is 16.8 Å². The van der Waals surface area contributed by atoms with Crippen molar-refractivity contribution < 1.29 is 0 Å². The van der Waals surface area contributed by atoms with E-state index in [0.29, 0.717) is 0 Å². The number of benzene rings is 2. The van der Waals surface area contributed by atoms with Crippen LogP contribution in [0.25, 0.3) is 6.08 Å². The van der Waals surface area contributed by atoms with E-state index in [9.17, 15) is 0 Å². The van der Waals surface area contributed by atoms with Crippen LogP contribution in [0.5, 0.6) is 0 Å². The van der Waals surface area contributed by atoms with Gasteiger partial charge in [0.1, 0.15) is 0 Å². The number of rotatable bonds is 4. The summed E-state index contributed by atoms with van der Waals surface area (Å²) < 4.78 is 1.58. The Hall–Kier alpha value is -1.28. The van der Waals surface area contributed by atoms with E-state index in [4.69, 9.17) is 0 Å². The quantitative estimate of drug-likeness (QED) is 0.737. The van der Waals surface area contributed by atoms with Gasteiger partial charge in [-0.3, -0.25) is 0 Å². The van der Waals surface area contributed by atoms with Gasteiger partial charge in [-0.25, -0.2) is 0 Å². The number of allylic oxidation sites excluding steroid dienone is 1. The average Bonchev–Trinajstić information content (AvgIpc) is 2.41. The Kier molecular flexibility index (Phi) is 4.43. The van der Waals surface area contributed by atoms with Crippen molar-refractivity contribution in [3.8, 4) is 0 Å². The van der Waals surface area contributed by atoms with Crippen molar-refractivity contribution in [2.45, 2.75) is 16.8 Å². The zero-order valence-electron chi connectivity index (χ0n) is 11.1. The summed E-state index contributed by atoms with van der Waals surface area (Å²) in [7, 11) is 0. The third-order valence-corrected chi connectivity index (χ3v) is 9.91. The molecule has 18 heavy (non-hydrogen) atoms. The molecule has 92 valence electrons. The molecule has 0 saturated heterocycles. The predicted molar refractivity (Wildman–Crippen MR) is 83.8 cm³/mol. The van der Waals surface area contributed by atoms with Gasteiger partial charge in [0.25, 0.3) is 0 Å². The zero-order chi connectivity index (χ0) is 12.8. The van der Waals surface area contributed by atoms with Crippen molar-refractivity contribution in [1.82, 2.24) is 0 Å². The molecule has 0 amide bonds. The molecule has 0 atom stereocenters. The van der Waals surface area contributed by atoms with Crippen LogP contribution >= 0.6 is 0 Å². The Morgan fingerprint density at radius 2 is 1.39 bits per heavy atom. The Morgan fingerprint density at radius 3 is 2.00 bits per heavy atom. The molecule has 0 fully saturated rings.